The highest BCUT2D eigenvalue weighted by Gasteiger charge is 2.08. The zero-order valence-corrected chi connectivity index (χ0v) is 12.0. The Morgan fingerprint density at radius 1 is 1.13 bits per heavy atom. The minimum absolute atomic E-state index is 0.162. The van der Waals surface area contributed by atoms with Crippen molar-refractivity contribution in [2.45, 2.75) is 6.54 Å². The predicted octanol–water partition coefficient (Wildman–Crippen LogP) is 1.76. The van der Waals surface area contributed by atoms with Gasteiger partial charge in [-0.2, -0.15) is 0 Å². The van der Waals surface area contributed by atoms with Crippen LogP contribution < -0.4 is 15.8 Å². The molecule has 0 heterocycles. The van der Waals surface area contributed by atoms with Crippen molar-refractivity contribution in [3.8, 4) is 5.75 Å². The molecule has 0 aromatic heterocycles. The van der Waals surface area contributed by atoms with Crippen LogP contribution in [0.15, 0.2) is 42.5 Å². The molecule has 0 spiro atoms. The lowest BCUT2D eigenvalue weighted by Gasteiger charge is -2.09. The van der Waals surface area contributed by atoms with Crippen molar-refractivity contribution < 1.29 is 23.1 Å². The minimum atomic E-state index is -0.882. The standard InChI is InChI=1S/C16H14F2N2O3/c17-12-4-5-14(13(18)7-12)23-9-15(21)20-8-10-2-1-3-11(6-10)16(19)22/h1-7H,8-9H2,(H2,19,22)(H,20,21). The molecule has 0 bridgehead atoms. The lowest BCUT2D eigenvalue weighted by molar-refractivity contribution is -0.123. The van der Waals surface area contributed by atoms with Crippen LogP contribution in [0.1, 0.15) is 15.9 Å². The van der Waals surface area contributed by atoms with Crippen molar-refractivity contribution >= 4 is 11.8 Å². The molecule has 2 aromatic carbocycles. The van der Waals surface area contributed by atoms with Crippen LogP contribution >= 0.6 is 0 Å². The van der Waals surface area contributed by atoms with Gasteiger partial charge in [0.1, 0.15) is 5.82 Å². The van der Waals surface area contributed by atoms with Crippen molar-refractivity contribution in [1.82, 2.24) is 5.32 Å². The van der Waals surface area contributed by atoms with Crippen molar-refractivity contribution in [2.24, 2.45) is 5.73 Å². The number of carbonyl (C=O) groups excluding carboxylic acids is 2. The zero-order valence-electron chi connectivity index (χ0n) is 12.0. The number of ether oxygens (including phenoxy) is 1. The molecule has 0 unspecified atom stereocenters. The molecule has 3 N–H and O–H groups in total. The summed E-state index contributed by atoms with van der Waals surface area (Å²) in [7, 11) is 0. The van der Waals surface area contributed by atoms with Crippen molar-refractivity contribution in [1.29, 1.82) is 0 Å². The van der Waals surface area contributed by atoms with Gasteiger partial charge in [0.2, 0.25) is 5.91 Å². The Kier molecular flexibility index (Phi) is 5.24. The predicted molar refractivity (Wildman–Crippen MR) is 78.7 cm³/mol. The minimum Gasteiger partial charge on any atom is -0.481 e. The summed E-state index contributed by atoms with van der Waals surface area (Å²) in [5.74, 6) is -2.87. The maximum Gasteiger partial charge on any atom is 0.258 e. The molecule has 0 aliphatic heterocycles. The molecule has 5 nitrogen and oxygen atoms in total. The number of nitrogens with two attached hydrogens (primary N) is 1. The van der Waals surface area contributed by atoms with E-state index in [-0.39, 0.29) is 12.3 Å². The Hall–Kier alpha value is -2.96. The summed E-state index contributed by atoms with van der Waals surface area (Å²) in [5.41, 5.74) is 6.18. The van der Waals surface area contributed by atoms with Gasteiger partial charge in [-0.25, -0.2) is 8.78 Å². The highest BCUT2D eigenvalue weighted by Crippen LogP contribution is 2.17. The van der Waals surface area contributed by atoms with Gasteiger partial charge in [-0.1, -0.05) is 12.1 Å². The topological polar surface area (TPSA) is 81.4 Å². The third-order valence-electron chi connectivity index (χ3n) is 2.95. The highest BCUT2D eigenvalue weighted by molar-refractivity contribution is 5.92. The van der Waals surface area contributed by atoms with E-state index in [0.717, 1.165) is 12.1 Å². The number of rotatable bonds is 6. The van der Waals surface area contributed by atoms with E-state index in [1.165, 1.54) is 0 Å². The monoisotopic (exact) mass is 320 g/mol. The SMILES string of the molecule is NC(=O)c1cccc(CNC(=O)COc2ccc(F)cc2F)c1. The van der Waals surface area contributed by atoms with Crippen molar-refractivity contribution in [3.63, 3.8) is 0 Å². The van der Waals surface area contributed by atoms with Crippen LogP contribution in [0.3, 0.4) is 0 Å². The number of benzene rings is 2. The van der Waals surface area contributed by atoms with E-state index in [4.69, 9.17) is 10.5 Å². The second-order valence-electron chi connectivity index (χ2n) is 4.70. The molecule has 0 saturated heterocycles. The maximum absolute atomic E-state index is 13.3. The third-order valence-corrected chi connectivity index (χ3v) is 2.95. The third kappa shape index (κ3) is 4.77. The first-order valence-electron chi connectivity index (χ1n) is 6.69. The highest BCUT2D eigenvalue weighted by atomic mass is 19.1. The van der Waals surface area contributed by atoms with Crippen LogP contribution in [0.5, 0.6) is 5.75 Å². The number of carbonyl (C=O) groups is 2. The van der Waals surface area contributed by atoms with Crippen LogP contribution in [0.25, 0.3) is 0 Å². The van der Waals surface area contributed by atoms with Crippen LogP contribution in [0.4, 0.5) is 8.78 Å². The average Bonchev–Trinajstić information content (AvgIpc) is 2.52. The zero-order chi connectivity index (χ0) is 16.8. The molecule has 0 radical (unpaired) electrons. The number of hydrogen-bond acceptors (Lipinski definition) is 3. The van der Waals surface area contributed by atoms with Gasteiger partial charge < -0.3 is 15.8 Å². The molecule has 0 fully saturated rings. The lowest BCUT2D eigenvalue weighted by Crippen LogP contribution is -2.28. The smallest absolute Gasteiger partial charge is 0.258 e. The number of primary amides is 1. The fourth-order valence-corrected chi connectivity index (χ4v) is 1.82. The molecule has 0 saturated carbocycles. The second-order valence-corrected chi connectivity index (χ2v) is 4.70. The summed E-state index contributed by atoms with van der Waals surface area (Å²) < 4.78 is 31.0. The largest absolute Gasteiger partial charge is 0.481 e. The molecular formula is C16H14F2N2O3. The van der Waals surface area contributed by atoms with Gasteiger partial charge in [-0.3, -0.25) is 9.59 Å². The fraction of sp³-hybridized carbons (Fsp3) is 0.125. The van der Waals surface area contributed by atoms with E-state index in [9.17, 15) is 18.4 Å². The molecule has 0 aliphatic rings. The van der Waals surface area contributed by atoms with Gasteiger partial charge in [0, 0.05) is 18.2 Å². The normalized spacial score (nSPS) is 10.2. The van der Waals surface area contributed by atoms with E-state index >= 15 is 0 Å². The number of halogens is 2. The summed E-state index contributed by atoms with van der Waals surface area (Å²) >= 11 is 0. The number of hydrogen-bond donors (Lipinski definition) is 2. The number of nitrogens with one attached hydrogen (secondary N) is 1. The molecule has 0 aliphatic carbocycles. The van der Waals surface area contributed by atoms with Crippen LogP contribution in [-0.4, -0.2) is 18.4 Å². The quantitative estimate of drug-likeness (QED) is 0.851. The first-order chi connectivity index (χ1) is 11.0. The molecule has 2 amide bonds. The van der Waals surface area contributed by atoms with Crippen molar-refractivity contribution in [2.75, 3.05) is 6.61 Å². The van der Waals surface area contributed by atoms with Gasteiger partial charge in [-0.15, -0.1) is 0 Å². The van der Waals surface area contributed by atoms with Crippen LogP contribution in [-0.2, 0) is 11.3 Å². The average molecular weight is 320 g/mol. The molecular weight excluding hydrogens is 306 g/mol. The summed E-state index contributed by atoms with van der Waals surface area (Å²) in [4.78, 5) is 22.7. The molecule has 2 aromatic rings. The Morgan fingerprint density at radius 2 is 1.91 bits per heavy atom. The molecule has 7 heteroatoms. The van der Waals surface area contributed by atoms with Gasteiger partial charge in [0.15, 0.2) is 18.2 Å². The van der Waals surface area contributed by atoms with E-state index in [2.05, 4.69) is 5.32 Å². The second kappa shape index (κ2) is 7.35. The molecule has 120 valence electrons. The van der Waals surface area contributed by atoms with Gasteiger partial charge in [-0.05, 0) is 29.8 Å². The number of amides is 2. The van der Waals surface area contributed by atoms with Gasteiger partial charge in [0.25, 0.3) is 5.91 Å². The van der Waals surface area contributed by atoms with Gasteiger partial charge in [0.05, 0.1) is 0 Å². The summed E-state index contributed by atoms with van der Waals surface area (Å²) in [5, 5.41) is 2.55. The van der Waals surface area contributed by atoms with E-state index < -0.39 is 30.1 Å². The van der Waals surface area contributed by atoms with Gasteiger partial charge >= 0.3 is 0 Å². The lowest BCUT2D eigenvalue weighted by atomic mass is 10.1. The summed E-state index contributed by atoms with van der Waals surface area (Å²) in [6.45, 7) is -0.257. The van der Waals surface area contributed by atoms with Crippen LogP contribution in [0.2, 0.25) is 0 Å². The fourth-order valence-electron chi connectivity index (χ4n) is 1.82. The Balaban J connectivity index is 1.85. The van der Waals surface area contributed by atoms with Crippen LogP contribution in [0, 0.1) is 11.6 Å². The molecule has 2 rings (SSSR count). The van der Waals surface area contributed by atoms with E-state index in [1.807, 2.05) is 0 Å². The molecule has 23 heavy (non-hydrogen) atoms. The summed E-state index contributed by atoms with van der Waals surface area (Å²) in [6, 6.07) is 9.29. The first kappa shape index (κ1) is 16.4. The van der Waals surface area contributed by atoms with Crippen molar-refractivity contribution in [3.05, 3.63) is 65.2 Å². The van der Waals surface area contributed by atoms with E-state index in [0.29, 0.717) is 17.2 Å². The Morgan fingerprint density at radius 3 is 2.61 bits per heavy atom. The Labute approximate surface area is 131 Å². The summed E-state index contributed by atoms with van der Waals surface area (Å²) in [6.07, 6.45) is 0. The first-order valence-corrected chi connectivity index (χ1v) is 6.69. The molecule has 0 atom stereocenters. The Bertz CT molecular complexity index is 735. The maximum atomic E-state index is 13.3. The van der Waals surface area contributed by atoms with E-state index in [1.54, 1.807) is 24.3 Å².